The van der Waals surface area contributed by atoms with Gasteiger partial charge >= 0.3 is 0 Å². The maximum absolute atomic E-state index is 13.1. The smallest absolute Gasteiger partial charge is 0.259 e. The third-order valence-electron chi connectivity index (χ3n) is 5.83. The van der Waals surface area contributed by atoms with Gasteiger partial charge in [0, 0.05) is 54.2 Å². The first-order chi connectivity index (χ1) is 14.6. The molecule has 1 saturated heterocycles. The van der Waals surface area contributed by atoms with Crippen molar-refractivity contribution in [2.24, 2.45) is 0 Å². The Morgan fingerprint density at radius 1 is 1.03 bits per heavy atom. The van der Waals surface area contributed by atoms with Crippen LogP contribution < -0.4 is 10.2 Å². The molecule has 1 aliphatic heterocycles. The van der Waals surface area contributed by atoms with Gasteiger partial charge in [-0.3, -0.25) is 9.78 Å². The van der Waals surface area contributed by atoms with Crippen LogP contribution in [-0.2, 0) is 0 Å². The lowest BCUT2D eigenvalue weighted by atomic mass is 10.0. The first-order valence-corrected chi connectivity index (χ1v) is 10.4. The molecular formula is C23H24N6O. The molecule has 0 spiro atoms. The van der Waals surface area contributed by atoms with Crippen molar-refractivity contribution < 1.29 is 4.79 Å². The Labute approximate surface area is 174 Å². The summed E-state index contributed by atoms with van der Waals surface area (Å²) in [6, 6.07) is 8.01. The van der Waals surface area contributed by atoms with E-state index in [0.717, 1.165) is 46.6 Å². The second-order valence-electron chi connectivity index (χ2n) is 7.87. The summed E-state index contributed by atoms with van der Waals surface area (Å²) >= 11 is 0. The Bertz CT molecular complexity index is 1260. The Morgan fingerprint density at radius 2 is 1.87 bits per heavy atom. The highest BCUT2D eigenvalue weighted by Gasteiger charge is 2.18. The molecule has 1 aromatic carbocycles. The highest BCUT2D eigenvalue weighted by Crippen LogP contribution is 2.33. The van der Waals surface area contributed by atoms with Crippen LogP contribution in [0.15, 0.2) is 42.9 Å². The van der Waals surface area contributed by atoms with E-state index in [2.05, 4.69) is 31.3 Å². The van der Waals surface area contributed by atoms with Crippen molar-refractivity contribution >= 4 is 33.7 Å². The first kappa shape index (κ1) is 18.5. The van der Waals surface area contributed by atoms with Crippen LogP contribution in [0.25, 0.3) is 16.4 Å². The number of amides is 1. The molecule has 0 bridgehead atoms. The molecule has 1 amide bonds. The van der Waals surface area contributed by atoms with E-state index >= 15 is 0 Å². The molecule has 1 N–H and O–H groups in total. The number of piperidine rings is 1. The Morgan fingerprint density at radius 3 is 2.70 bits per heavy atom. The van der Waals surface area contributed by atoms with Crippen LogP contribution in [0, 0.1) is 13.8 Å². The summed E-state index contributed by atoms with van der Waals surface area (Å²) in [5.74, 6) is -0.203. The summed E-state index contributed by atoms with van der Waals surface area (Å²) in [5.41, 5.74) is 4.83. The number of carbonyl (C=O) groups is 1. The highest BCUT2D eigenvalue weighted by atomic mass is 16.1. The maximum atomic E-state index is 13.1. The Balaban J connectivity index is 1.51. The summed E-state index contributed by atoms with van der Waals surface area (Å²) in [4.78, 5) is 24.2. The summed E-state index contributed by atoms with van der Waals surface area (Å²) in [5, 5.41) is 9.55. The quantitative estimate of drug-likeness (QED) is 0.559. The third-order valence-corrected chi connectivity index (χ3v) is 5.83. The van der Waals surface area contributed by atoms with Gasteiger partial charge in [-0.05, 0) is 51.3 Å². The van der Waals surface area contributed by atoms with Gasteiger partial charge in [-0.25, -0.2) is 9.50 Å². The molecule has 1 aliphatic rings. The van der Waals surface area contributed by atoms with Crippen LogP contribution in [0.5, 0.6) is 0 Å². The van der Waals surface area contributed by atoms with Gasteiger partial charge in [0.05, 0.1) is 22.6 Å². The van der Waals surface area contributed by atoms with Crippen LogP contribution in [0.3, 0.4) is 0 Å². The average molecular weight is 400 g/mol. The zero-order valence-electron chi connectivity index (χ0n) is 17.2. The van der Waals surface area contributed by atoms with E-state index in [9.17, 15) is 4.79 Å². The summed E-state index contributed by atoms with van der Waals surface area (Å²) < 4.78 is 1.71. The van der Waals surface area contributed by atoms with E-state index in [0.29, 0.717) is 5.56 Å². The van der Waals surface area contributed by atoms with Gasteiger partial charge in [0.25, 0.3) is 5.91 Å². The number of hydrogen-bond donors (Lipinski definition) is 1. The first-order valence-electron chi connectivity index (χ1n) is 10.4. The highest BCUT2D eigenvalue weighted by molar-refractivity contribution is 6.11. The standard InChI is InChI=1S/C23H24N6O/c1-15-12-22-25-14-18(16(2)29(22)27-15)23(30)26-20-6-7-21(28-10-4-3-5-11-28)17-8-9-24-13-19(17)20/h6-9,12-14H,3-5,10-11H2,1-2H3,(H,26,30). The van der Waals surface area contributed by atoms with Crippen molar-refractivity contribution in [3.05, 3.63) is 59.8 Å². The zero-order valence-corrected chi connectivity index (χ0v) is 17.2. The molecule has 0 aliphatic carbocycles. The van der Waals surface area contributed by atoms with Crippen molar-refractivity contribution in [3.63, 3.8) is 0 Å². The molecule has 4 heterocycles. The largest absolute Gasteiger partial charge is 0.371 e. The average Bonchev–Trinajstić information content (AvgIpc) is 3.16. The number of aromatic nitrogens is 4. The molecule has 5 rings (SSSR count). The Kier molecular flexibility index (Phi) is 4.58. The lowest BCUT2D eigenvalue weighted by Gasteiger charge is -2.30. The number of nitrogens with zero attached hydrogens (tertiary/aromatic N) is 5. The molecule has 0 saturated carbocycles. The van der Waals surface area contributed by atoms with Crippen LogP contribution in [0.2, 0.25) is 0 Å². The van der Waals surface area contributed by atoms with Crippen molar-refractivity contribution in [1.82, 2.24) is 19.6 Å². The van der Waals surface area contributed by atoms with Gasteiger partial charge < -0.3 is 10.2 Å². The van der Waals surface area contributed by atoms with Gasteiger partial charge in [-0.2, -0.15) is 5.10 Å². The maximum Gasteiger partial charge on any atom is 0.259 e. The van der Waals surface area contributed by atoms with E-state index in [1.807, 2.05) is 44.4 Å². The molecule has 7 heteroatoms. The van der Waals surface area contributed by atoms with Crippen LogP contribution >= 0.6 is 0 Å². The van der Waals surface area contributed by atoms with E-state index < -0.39 is 0 Å². The van der Waals surface area contributed by atoms with Crippen LogP contribution in [-0.4, -0.2) is 38.6 Å². The fraction of sp³-hybridized carbons (Fsp3) is 0.304. The number of aryl methyl sites for hydroxylation is 2. The van der Waals surface area contributed by atoms with Crippen molar-refractivity contribution in [3.8, 4) is 0 Å². The van der Waals surface area contributed by atoms with Gasteiger partial charge in [0.1, 0.15) is 0 Å². The topological polar surface area (TPSA) is 75.4 Å². The van der Waals surface area contributed by atoms with E-state index in [1.54, 1.807) is 10.7 Å². The monoisotopic (exact) mass is 400 g/mol. The lowest BCUT2D eigenvalue weighted by Crippen LogP contribution is -2.29. The van der Waals surface area contributed by atoms with E-state index in [4.69, 9.17) is 0 Å². The van der Waals surface area contributed by atoms with Gasteiger partial charge in [0.15, 0.2) is 5.65 Å². The van der Waals surface area contributed by atoms with E-state index in [-0.39, 0.29) is 5.91 Å². The molecule has 0 unspecified atom stereocenters. The molecule has 152 valence electrons. The molecule has 0 radical (unpaired) electrons. The predicted octanol–water partition coefficient (Wildman–Crippen LogP) is 4.14. The molecule has 30 heavy (non-hydrogen) atoms. The summed E-state index contributed by atoms with van der Waals surface area (Å²) in [7, 11) is 0. The molecular weight excluding hydrogens is 376 g/mol. The van der Waals surface area contributed by atoms with Crippen molar-refractivity contribution in [1.29, 1.82) is 0 Å². The molecule has 1 fully saturated rings. The normalized spacial score (nSPS) is 14.4. The minimum absolute atomic E-state index is 0.203. The molecule has 7 nitrogen and oxygen atoms in total. The zero-order chi connectivity index (χ0) is 20.7. The minimum Gasteiger partial charge on any atom is -0.371 e. The van der Waals surface area contributed by atoms with E-state index in [1.165, 1.54) is 24.9 Å². The number of fused-ring (bicyclic) bond motifs is 2. The fourth-order valence-electron chi connectivity index (χ4n) is 4.27. The number of pyridine rings is 1. The lowest BCUT2D eigenvalue weighted by molar-refractivity contribution is 0.102. The molecule has 4 aromatic rings. The number of anilines is 2. The minimum atomic E-state index is -0.203. The van der Waals surface area contributed by atoms with Crippen molar-refractivity contribution in [2.75, 3.05) is 23.3 Å². The van der Waals surface area contributed by atoms with Crippen LogP contribution in [0.4, 0.5) is 11.4 Å². The van der Waals surface area contributed by atoms with Gasteiger partial charge in [0.2, 0.25) is 0 Å². The fourth-order valence-corrected chi connectivity index (χ4v) is 4.27. The van der Waals surface area contributed by atoms with Gasteiger partial charge in [-0.1, -0.05) is 0 Å². The SMILES string of the molecule is Cc1cc2ncc(C(=O)Nc3ccc(N4CCCCC4)c4ccncc34)c(C)n2n1. The number of nitrogens with one attached hydrogen (secondary N) is 1. The second-order valence-corrected chi connectivity index (χ2v) is 7.87. The third kappa shape index (κ3) is 3.16. The second kappa shape index (κ2) is 7.40. The number of rotatable bonds is 3. The van der Waals surface area contributed by atoms with Crippen LogP contribution in [0.1, 0.15) is 41.0 Å². The number of benzene rings is 1. The predicted molar refractivity (Wildman–Crippen MR) is 118 cm³/mol. The van der Waals surface area contributed by atoms with Gasteiger partial charge in [-0.15, -0.1) is 0 Å². The molecule has 0 atom stereocenters. The number of hydrogen-bond acceptors (Lipinski definition) is 5. The summed E-state index contributed by atoms with van der Waals surface area (Å²) in [6.45, 7) is 5.93. The summed E-state index contributed by atoms with van der Waals surface area (Å²) in [6.07, 6.45) is 8.97. The number of carbonyl (C=O) groups excluding carboxylic acids is 1. The molecule has 3 aromatic heterocycles. The van der Waals surface area contributed by atoms with Crippen molar-refractivity contribution in [2.45, 2.75) is 33.1 Å². The Hall–Kier alpha value is -3.48.